The lowest BCUT2D eigenvalue weighted by atomic mass is 10.1. The number of aliphatic carboxylic acids is 1. The molecule has 23 heavy (non-hydrogen) atoms. The average Bonchev–Trinajstić information content (AvgIpc) is 2.49. The maximum absolute atomic E-state index is 12.2. The number of carboxylic acids is 1. The third kappa shape index (κ3) is 4.69. The Morgan fingerprint density at radius 2 is 1.87 bits per heavy atom. The molecule has 4 N–H and O–H groups in total. The molecule has 2 aromatic carbocycles. The van der Waals surface area contributed by atoms with Crippen molar-refractivity contribution >= 4 is 33.3 Å². The fourth-order valence-electron chi connectivity index (χ4n) is 1.90. The number of nitrogens with one attached hydrogen (secondary N) is 1. The van der Waals surface area contributed by atoms with Crippen molar-refractivity contribution in [2.75, 3.05) is 4.72 Å². The molecule has 8 heteroatoms. The molecule has 0 aromatic heterocycles. The van der Waals surface area contributed by atoms with E-state index in [2.05, 4.69) is 4.72 Å². The van der Waals surface area contributed by atoms with E-state index in [9.17, 15) is 13.2 Å². The highest BCUT2D eigenvalue weighted by atomic mass is 35.5. The van der Waals surface area contributed by atoms with Crippen LogP contribution in [0.15, 0.2) is 53.4 Å². The van der Waals surface area contributed by atoms with Crippen molar-refractivity contribution < 1.29 is 18.3 Å². The Morgan fingerprint density at radius 3 is 2.43 bits per heavy atom. The van der Waals surface area contributed by atoms with Gasteiger partial charge in [-0.1, -0.05) is 29.8 Å². The molecule has 0 amide bonds. The molecule has 0 fully saturated rings. The smallest absolute Gasteiger partial charge is 0.320 e. The zero-order chi connectivity index (χ0) is 17.0. The Hall–Kier alpha value is -2.09. The van der Waals surface area contributed by atoms with E-state index in [-0.39, 0.29) is 11.3 Å². The minimum atomic E-state index is -3.74. The van der Waals surface area contributed by atoms with Crippen LogP contribution in [0.4, 0.5) is 5.69 Å². The van der Waals surface area contributed by atoms with Crippen LogP contribution in [0.25, 0.3) is 0 Å². The molecule has 0 aliphatic carbocycles. The van der Waals surface area contributed by atoms with Crippen molar-refractivity contribution in [3.8, 4) is 0 Å². The van der Waals surface area contributed by atoms with Crippen LogP contribution in [-0.4, -0.2) is 25.5 Å². The zero-order valence-electron chi connectivity index (χ0n) is 11.9. The molecule has 2 rings (SSSR count). The van der Waals surface area contributed by atoms with Gasteiger partial charge in [-0.2, -0.15) is 0 Å². The summed E-state index contributed by atoms with van der Waals surface area (Å²) in [7, 11) is -3.74. The van der Waals surface area contributed by atoms with Crippen LogP contribution in [0, 0.1) is 0 Å². The first-order valence-corrected chi connectivity index (χ1v) is 8.50. The van der Waals surface area contributed by atoms with E-state index in [1.807, 2.05) is 0 Å². The van der Waals surface area contributed by atoms with Crippen LogP contribution in [0.1, 0.15) is 5.56 Å². The van der Waals surface area contributed by atoms with Crippen LogP contribution in [-0.2, 0) is 21.2 Å². The zero-order valence-corrected chi connectivity index (χ0v) is 13.5. The number of halogens is 1. The Morgan fingerprint density at radius 1 is 1.22 bits per heavy atom. The van der Waals surface area contributed by atoms with Gasteiger partial charge in [0.25, 0.3) is 10.0 Å². The quantitative estimate of drug-likeness (QED) is 0.735. The molecule has 0 saturated carbocycles. The van der Waals surface area contributed by atoms with E-state index in [0.717, 1.165) is 0 Å². The van der Waals surface area contributed by atoms with E-state index in [4.69, 9.17) is 22.4 Å². The summed E-state index contributed by atoms with van der Waals surface area (Å²) in [5.41, 5.74) is 6.51. The lowest BCUT2D eigenvalue weighted by molar-refractivity contribution is -0.138. The SMILES string of the molecule is N[C@@H](Cc1ccc(NS(=O)(=O)c2cccc(Cl)c2)cc1)C(=O)O. The van der Waals surface area contributed by atoms with Gasteiger partial charge in [-0.25, -0.2) is 8.42 Å². The predicted octanol–water partition coefficient (Wildman–Crippen LogP) is 2.10. The first-order valence-electron chi connectivity index (χ1n) is 6.63. The summed E-state index contributed by atoms with van der Waals surface area (Å²) in [6.07, 6.45) is 0.163. The average molecular weight is 355 g/mol. The van der Waals surface area contributed by atoms with Crippen LogP contribution in [0.5, 0.6) is 0 Å². The van der Waals surface area contributed by atoms with Gasteiger partial charge in [0, 0.05) is 10.7 Å². The molecule has 2 aromatic rings. The summed E-state index contributed by atoms with van der Waals surface area (Å²) in [5, 5.41) is 9.10. The minimum absolute atomic E-state index is 0.0574. The minimum Gasteiger partial charge on any atom is -0.480 e. The molecule has 0 aliphatic heterocycles. The highest BCUT2D eigenvalue weighted by Crippen LogP contribution is 2.19. The number of benzene rings is 2. The standard InChI is InChI=1S/C15H15ClN2O4S/c16-11-2-1-3-13(9-11)23(21,22)18-12-6-4-10(5-7-12)8-14(17)15(19)20/h1-7,9,14,18H,8,17H2,(H,19,20)/t14-/m0/s1. The third-order valence-corrected chi connectivity index (χ3v) is 4.70. The van der Waals surface area contributed by atoms with Gasteiger partial charge in [0.15, 0.2) is 0 Å². The van der Waals surface area contributed by atoms with E-state index >= 15 is 0 Å². The van der Waals surface area contributed by atoms with E-state index < -0.39 is 22.0 Å². The number of sulfonamides is 1. The highest BCUT2D eigenvalue weighted by molar-refractivity contribution is 7.92. The van der Waals surface area contributed by atoms with E-state index in [0.29, 0.717) is 16.3 Å². The van der Waals surface area contributed by atoms with E-state index in [1.165, 1.54) is 12.1 Å². The second-order valence-corrected chi connectivity index (χ2v) is 7.03. The Kier molecular flexibility index (Phi) is 5.25. The first-order chi connectivity index (χ1) is 10.8. The van der Waals surface area contributed by atoms with Gasteiger partial charge in [0.05, 0.1) is 4.90 Å². The lowest BCUT2D eigenvalue weighted by Crippen LogP contribution is -2.32. The molecule has 1 atom stereocenters. The van der Waals surface area contributed by atoms with Crippen molar-refractivity contribution in [2.45, 2.75) is 17.4 Å². The summed E-state index contributed by atoms with van der Waals surface area (Å²) in [5.74, 6) is -1.09. The van der Waals surface area contributed by atoms with Gasteiger partial charge in [-0.15, -0.1) is 0 Å². The molecule has 0 unspecified atom stereocenters. The van der Waals surface area contributed by atoms with Crippen LogP contribution < -0.4 is 10.5 Å². The third-order valence-electron chi connectivity index (χ3n) is 3.09. The molecular weight excluding hydrogens is 340 g/mol. The first kappa shape index (κ1) is 17.3. The van der Waals surface area contributed by atoms with Gasteiger partial charge in [-0.05, 0) is 42.3 Å². The Bertz CT molecular complexity index is 806. The number of nitrogens with two attached hydrogens (primary N) is 1. The molecule has 122 valence electrons. The largest absolute Gasteiger partial charge is 0.480 e. The second-order valence-electron chi connectivity index (χ2n) is 4.91. The van der Waals surface area contributed by atoms with Gasteiger partial charge in [0.1, 0.15) is 6.04 Å². The highest BCUT2D eigenvalue weighted by Gasteiger charge is 2.15. The Labute approximate surface area is 138 Å². The number of hydrogen-bond acceptors (Lipinski definition) is 4. The topological polar surface area (TPSA) is 109 Å². The van der Waals surface area contributed by atoms with Crippen LogP contribution in [0.2, 0.25) is 5.02 Å². The Balaban J connectivity index is 2.13. The summed E-state index contributed by atoms with van der Waals surface area (Å²) in [4.78, 5) is 10.8. The van der Waals surface area contributed by atoms with Crippen molar-refractivity contribution in [3.05, 3.63) is 59.1 Å². The van der Waals surface area contributed by atoms with Crippen molar-refractivity contribution in [2.24, 2.45) is 5.73 Å². The second kappa shape index (κ2) is 6.99. The number of rotatable bonds is 6. The van der Waals surface area contributed by atoms with Gasteiger partial charge >= 0.3 is 5.97 Å². The molecular formula is C15H15ClN2O4S. The summed E-state index contributed by atoms with van der Waals surface area (Å²) < 4.78 is 26.9. The lowest BCUT2D eigenvalue weighted by Gasteiger charge is -2.10. The molecule has 0 heterocycles. The fraction of sp³-hybridized carbons (Fsp3) is 0.133. The number of carbonyl (C=O) groups is 1. The molecule has 0 bridgehead atoms. The predicted molar refractivity (Wildman–Crippen MR) is 88.0 cm³/mol. The number of carboxylic acid groups (broad SMARTS) is 1. The van der Waals surface area contributed by atoms with Crippen LogP contribution in [0.3, 0.4) is 0 Å². The van der Waals surface area contributed by atoms with E-state index in [1.54, 1.807) is 36.4 Å². The van der Waals surface area contributed by atoms with Crippen molar-refractivity contribution in [1.82, 2.24) is 0 Å². The fourth-order valence-corrected chi connectivity index (χ4v) is 3.26. The maximum Gasteiger partial charge on any atom is 0.320 e. The number of anilines is 1. The molecule has 0 radical (unpaired) electrons. The molecule has 6 nitrogen and oxygen atoms in total. The van der Waals surface area contributed by atoms with Crippen molar-refractivity contribution in [3.63, 3.8) is 0 Å². The summed E-state index contributed by atoms with van der Waals surface area (Å²) in [6.45, 7) is 0. The van der Waals surface area contributed by atoms with Gasteiger partial charge in [0.2, 0.25) is 0 Å². The number of hydrogen-bond donors (Lipinski definition) is 3. The molecule has 0 saturated heterocycles. The molecule has 0 spiro atoms. The van der Waals surface area contributed by atoms with Crippen molar-refractivity contribution in [1.29, 1.82) is 0 Å². The maximum atomic E-state index is 12.2. The summed E-state index contributed by atoms with van der Waals surface area (Å²) >= 11 is 5.80. The normalized spacial score (nSPS) is 12.6. The van der Waals surface area contributed by atoms with Gasteiger partial charge < -0.3 is 10.8 Å². The summed E-state index contributed by atoms with van der Waals surface area (Å²) in [6, 6.07) is 11.3. The van der Waals surface area contributed by atoms with Crippen LogP contribution >= 0.6 is 11.6 Å². The van der Waals surface area contributed by atoms with Gasteiger partial charge in [-0.3, -0.25) is 9.52 Å². The molecule has 0 aliphatic rings. The monoisotopic (exact) mass is 354 g/mol.